The van der Waals surface area contributed by atoms with Crippen LogP contribution in [0.1, 0.15) is 40.5 Å². The molecule has 0 aromatic rings. The Morgan fingerprint density at radius 2 is 1.78 bits per heavy atom. The number of hydrogen-bond donors (Lipinski definition) is 0. The summed E-state index contributed by atoms with van der Waals surface area (Å²) >= 11 is 0. The molecule has 0 saturated carbocycles. The minimum absolute atomic E-state index is 0.106. The predicted octanol–water partition coefficient (Wildman–Crippen LogP) is 2.27. The molecule has 0 bridgehead atoms. The van der Waals surface area contributed by atoms with Crippen LogP contribution in [0.5, 0.6) is 0 Å². The van der Waals surface area contributed by atoms with Gasteiger partial charge in [-0.05, 0) is 18.3 Å². The van der Waals surface area contributed by atoms with Crippen LogP contribution in [0.3, 0.4) is 0 Å². The SMILES string of the molecule is CCC([N])CC(C)(C)C. The van der Waals surface area contributed by atoms with Gasteiger partial charge in [-0.25, -0.2) is 0 Å². The van der Waals surface area contributed by atoms with E-state index in [4.69, 9.17) is 0 Å². The van der Waals surface area contributed by atoms with Gasteiger partial charge in [0.15, 0.2) is 0 Å². The van der Waals surface area contributed by atoms with E-state index >= 15 is 0 Å². The lowest BCUT2D eigenvalue weighted by atomic mass is 9.88. The summed E-state index contributed by atoms with van der Waals surface area (Å²) in [6, 6.07) is -0.106. The van der Waals surface area contributed by atoms with Gasteiger partial charge in [-0.15, -0.1) is 5.73 Å². The highest BCUT2D eigenvalue weighted by Gasteiger charge is 2.14. The molecular weight excluding hydrogens is 110 g/mol. The molecule has 0 aromatic heterocycles. The first-order valence-corrected chi connectivity index (χ1v) is 3.64. The first-order valence-electron chi connectivity index (χ1n) is 3.64. The molecule has 0 N–H and O–H groups in total. The van der Waals surface area contributed by atoms with Gasteiger partial charge < -0.3 is 0 Å². The molecule has 9 heavy (non-hydrogen) atoms. The maximum Gasteiger partial charge on any atom is 0.0436 e. The Balaban J connectivity index is 3.47. The van der Waals surface area contributed by atoms with Crippen molar-refractivity contribution in [3.63, 3.8) is 0 Å². The third kappa shape index (κ3) is 5.84. The maximum atomic E-state index is 9.19. The predicted molar refractivity (Wildman–Crippen MR) is 40.3 cm³/mol. The number of hydrogen-bond acceptors (Lipinski definition) is 0. The summed E-state index contributed by atoms with van der Waals surface area (Å²) < 4.78 is 0. The second-order valence-corrected chi connectivity index (χ2v) is 3.83. The molecule has 0 heterocycles. The van der Waals surface area contributed by atoms with Crippen molar-refractivity contribution in [1.82, 2.24) is 5.73 Å². The van der Waals surface area contributed by atoms with E-state index in [1.165, 1.54) is 0 Å². The summed E-state index contributed by atoms with van der Waals surface area (Å²) in [5, 5.41) is 0. The van der Waals surface area contributed by atoms with Crippen molar-refractivity contribution in [1.29, 1.82) is 0 Å². The summed E-state index contributed by atoms with van der Waals surface area (Å²) in [7, 11) is 0. The molecule has 54 valence electrons. The van der Waals surface area contributed by atoms with Crippen molar-refractivity contribution >= 4 is 0 Å². The Bertz CT molecular complexity index is 71.1. The monoisotopic (exact) mass is 127 g/mol. The smallest absolute Gasteiger partial charge is 0.0436 e. The fourth-order valence-electron chi connectivity index (χ4n) is 0.851. The Morgan fingerprint density at radius 3 is 1.89 bits per heavy atom. The number of nitrogens with zero attached hydrogens (tertiary/aromatic N) is 1. The molecule has 1 nitrogen and oxygen atoms in total. The Morgan fingerprint density at radius 1 is 1.33 bits per heavy atom. The van der Waals surface area contributed by atoms with Gasteiger partial charge in [0.1, 0.15) is 0 Å². The van der Waals surface area contributed by atoms with Crippen LogP contribution < -0.4 is 5.73 Å². The largest absolute Gasteiger partial charge is 0.141 e. The van der Waals surface area contributed by atoms with E-state index in [0.29, 0.717) is 0 Å². The quantitative estimate of drug-likeness (QED) is 0.543. The van der Waals surface area contributed by atoms with Crippen LogP contribution in [0.25, 0.3) is 0 Å². The van der Waals surface area contributed by atoms with E-state index in [-0.39, 0.29) is 11.5 Å². The van der Waals surface area contributed by atoms with E-state index < -0.39 is 0 Å². The fourth-order valence-corrected chi connectivity index (χ4v) is 0.851. The lowest BCUT2D eigenvalue weighted by Gasteiger charge is -2.20. The fraction of sp³-hybridized carbons (Fsp3) is 1.00. The first-order chi connectivity index (χ1) is 3.95. The van der Waals surface area contributed by atoms with Crippen LogP contribution >= 0.6 is 0 Å². The van der Waals surface area contributed by atoms with Gasteiger partial charge in [0.2, 0.25) is 0 Å². The second-order valence-electron chi connectivity index (χ2n) is 3.83. The highest BCUT2D eigenvalue weighted by atomic mass is 14.6. The van der Waals surface area contributed by atoms with Crippen LogP contribution in [0.15, 0.2) is 0 Å². The van der Waals surface area contributed by atoms with Crippen molar-refractivity contribution in [2.24, 2.45) is 5.41 Å². The third-order valence-electron chi connectivity index (χ3n) is 1.32. The van der Waals surface area contributed by atoms with Gasteiger partial charge in [-0.2, -0.15) is 0 Å². The topological polar surface area (TPSA) is 22.3 Å². The van der Waals surface area contributed by atoms with E-state index in [0.717, 1.165) is 12.8 Å². The highest BCUT2D eigenvalue weighted by Crippen LogP contribution is 2.21. The summed E-state index contributed by atoms with van der Waals surface area (Å²) in [5.74, 6) is 0. The molecule has 0 saturated heterocycles. The lowest BCUT2D eigenvalue weighted by molar-refractivity contribution is 0.331. The van der Waals surface area contributed by atoms with Crippen LogP contribution in [0.4, 0.5) is 0 Å². The van der Waals surface area contributed by atoms with Crippen molar-refractivity contribution < 1.29 is 0 Å². The Labute approximate surface area is 58.6 Å². The van der Waals surface area contributed by atoms with Gasteiger partial charge in [0, 0.05) is 6.04 Å². The average molecular weight is 127 g/mol. The molecule has 0 aromatic carbocycles. The normalized spacial score (nSPS) is 15.7. The van der Waals surface area contributed by atoms with E-state index in [9.17, 15) is 5.73 Å². The van der Waals surface area contributed by atoms with Gasteiger partial charge >= 0.3 is 0 Å². The van der Waals surface area contributed by atoms with Crippen molar-refractivity contribution in [2.45, 2.75) is 46.6 Å². The average Bonchev–Trinajstić information content (AvgIpc) is 1.62. The van der Waals surface area contributed by atoms with E-state index in [1.54, 1.807) is 0 Å². The van der Waals surface area contributed by atoms with Crippen LogP contribution in [0.2, 0.25) is 0 Å². The Kier molecular flexibility index (Phi) is 3.20. The van der Waals surface area contributed by atoms with Crippen LogP contribution in [0, 0.1) is 5.41 Å². The van der Waals surface area contributed by atoms with Gasteiger partial charge in [-0.1, -0.05) is 27.7 Å². The van der Waals surface area contributed by atoms with Gasteiger partial charge in [0.25, 0.3) is 0 Å². The molecule has 1 atom stereocenters. The molecule has 0 spiro atoms. The molecule has 1 heteroatoms. The molecule has 1 unspecified atom stereocenters. The molecule has 0 aliphatic heterocycles. The summed E-state index contributed by atoms with van der Waals surface area (Å²) in [6.07, 6.45) is 1.78. The minimum Gasteiger partial charge on any atom is -0.141 e. The zero-order valence-corrected chi connectivity index (χ0v) is 6.94. The molecule has 0 fully saturated rings. The van der Waals surface area contributed by atoms with E-state index in [1.807, 2.05) is 6.92 Å². The maximum absolute atomic E-state index is 9.19. The molecule has 0 aliphatic rings. The van der Waals surface area contributed by atoms with Gasteiger partial charge in [0.05, 0.1) is 0 Å². The second kappa shape index (κ2) is 3.21. The molecule has 0 rings (SSSR count). The van der Waals surface area contributed by atoms with Gasteiger partial charge in [-0.3, -0.25) is 0 Å². The summed E-state index contributed by atoms with van der Waals surface area (Å²) in [4.78, 5) is 0. The van der Waals surface area contributed by atoms with E-state index in [2.05, 4.69) is 20.8 Å². The highest BCUT2D eigenvalue weighted by molar-refractivity contribution is 4.68. The summed E-state index contributed by atoms with van der Waals surface area (Å²) in [6.45, 7) is 8.44. The molecule has 2 radical (unpaired) electrons. The molecular formula is C8H17N. The van der Waals surface area contributed by atoms with Crippen molar-refractivity contribution in [2.75, 3.05) is 0 Å². The Hall–Kier alpha value is -0.0400. The molecule has 0 amide bonds. The number of rotatable bonds is 2. The zero-order valence-electron chi connectivity index (χ0n) is 6.94. The first kappa shape index (κ1) is 8.96. The lowest BCUT2D eigenvalue weighted by Crippen LogP contribution is -2.17. The van der Waals surface area contributed by atoms with Crippen LogP contribution in [-0.2, 0) is 0 Å². The minimum atomic E-state index is -0.106. The van der Waals surface area contributed by atoms with Crippen molar-refractivity contribution in [3.8, 4) is 0 Å². The van der Waals surface area contributed by atoms with Crippen molar-refractivity contribution in [3.05, 3.63) is 0 Å². The third-order valence-corrected chi connectivity index (χ3v) is 1.32. The standard InChI is InChI=1S/C8H17N/c1-5-7(9)6-8(2,3)4/h7H,5-6H2,1-4H3. The van der Waals surface area contributed by atoms with Crippen LogP contribution in [-0.4, -0.2) is 6.04 Å². The zero-order chi connectivity index (χ0) is 7.49. The molecule has 0 aliphatic carbocycles. The summed E-state index contributed by atoms with van der Waals surface area (Å²) in [5.41, 5.74) is 9.47.